The topological polar surface area (TPSA) is 0 Å². The monoisotopic (exact) mass is 1780 g/mol. The Morgan fingerprint density at radius 1 is 0.178 bits per heavy atom. The number of hydrogen-bond donors (Lipinski definition) is 0. The van der Waals surface area contributed by atoms with Crippen molar-refractivity contribution in [2.75, 3.05) is 24.6 Å². The number of benzene rings is 2. The molecular weight excluding hydrogens is 1760 g/mol. The van der Waals surface area contributed by atoms with Gasteiger partial charge in [0, 0.05) is 15.8 Å². The molecule has 0 atom stereocenters. The zero-order valence-corrected chi connectivity index (χ0v) is 51.2. The van der Waals surface area contributed by atoms with Gasteiger partial charge in [0.1, 0.15) is 0 Å². The summed E-state index contributed by atoms with van der Waals surface area (Å²) in [6.07, 6.45) is -51.7. The van der Waals surface area contributed by atoms with Crippen molar-refractivity contribution >= 4 is 26.5 Å². The fourth-order valence-electron chi connectivity index (χ4n) is 7.24. The van der Waals surface area contributed by atoms with E-state index >= 15 is 0 Å². The van der Waals surface area contributed by atoms with E-state index in [1.54, 1.807) is 0 Å². The average molecular weight is 1780 g/mol. The number of halogens is 54. The van der Waals surface area contributed by atoms with Gasteiger partial charge in [0.25, 0.3) is 0 Å². The maximum atomic E-state index is 14.3. The summed E-state index contributed by atoms with van der Waals surface area (Å²) in [4.78, 5) is 0. The van der Waals surface area contributed by atoms with Crippen LogP contribution in [-0.2, 0) is 20.4 Å². The average Bonchev–Trinajstić information content (AvgIpc) is 0.732. The zero-order chi connectivity index (χ0) is 79.0. The summed E-state index contributed by atoms with van der Waals surface area (Å²) in [6.45, 7) is 0. The minimum absolute atomic E-state index is 0. The van der Waals surface area contributed by atoms with E-state index in [1.165, 1.54) is 0 Å². The minimum atomic E-state index is -8.33. The normalized spacial score (nSPS) is 15.6. The Morgan fingerprint density at radius 2 is 0.297 bits per heavy atom. The van der Waals surface area contributed by atoms with Gasteiger partial charge in [0.05, 0.1) is 60.9 Å². The van der Waals surface area contributed by atoms with Crippen LogP contribution in [0.3, 0.4) is 0 Å². The molecule has 0 aromatic heterocycles. The summed E-state index contributed by atoms with van der Waals surface area (Å²) in [5.41, 5.74) is 0. The molecule has 2 rings (SSSR count). The van der Waals surface area contributed by atoms with Crippen molar-refractivity contribution in [3.05, 3.63) is 60.7 Å². The quantitative estimate of drug-likeness (QED) is 0.0415. The number of rotatable bonds is 30. The van der Waals surface area contributed by atoms with Crippen LogP contribution in [0.4, 0.5) is 228 Å². The molecule has 0 aliphatic carbocycles. The number of hydrogen-bond acceptors (Lipinski definition) is 0. The first-order valence-corrected chi connectivity index (χ1v) is 27.8. The van der Waals surface area contributed by atoms with Crippen molar-refractivity contribution in [3.8, 4) is 0 Å². The third kappa shape index (κ3) is 17.3. The van der Waals surface area contributed by atoms with Crippen LogP contribution in [0.5, 0.6) is 0 Å². The first-order valence-electron chi connectivity index (χ1n) is 24.0. The van der Waals surface area contributed by atoms with Crippen LogP contribution >= 0.6 is 15.8 Å². The van der Waals surface area contributed by atoms with E-state index in [4.69, 9.17) is 0 Å². The zero-order valence-electron chi connectivity index (χ0n) is 46.2. The van der Waals surface area contributed by atoms with Crippen molar-refractivity contribution < 1.29 is 274 Å². The molecule has 0 saturated heterocycles. The van der Waals surface area contributed by atoms with Gasteiger partial charge in [-0.3, -0.25) is 0 Å². The molecule has 0 amide bonds. The third-order valence-electron chi connectivity index (χ3n) is 13.3. The van der Waals surface area contributed by atoms with E-state index < -0.39 is 220 Å². The van der Waals surface area contributed by atoms with Crippen molar-refractivity contribution in [1.29, 1.82) is 0 Å². The van der Waals surface area contributed by atoms with Crippen molar-refractivity contribution in [3.63, 3.8) is 0 Å². The van der Waals surface area contributed by atoms with Crippen LogP contribution in [0.1, 0.15) is 25.7 Å². The predicted octanol–water partition coefficient (Wildman–Crippen LogP) is 15.6. The Hall–Kier alpha value is -3.10. The van der Waals surface area contributed by atoms with Crippen LogP contribution in [0.25, 0.3) is 0 Å². The third-order valence-corrected chi connectivity index (χ3v) is 19.0. The Kier molecular flexibility index (Phi) is 30.8. The van der Waals surface area contributed by atoms with E-state index in [1.807, 2.05) is 0 Å². The Labute approximate surface area is 553 Å². The standard InChI is InChI=1S/2C22H13F26P.2ClH.Pd/c2*23-11(24,13(27,28)15(31,32)17(35,36)19(39,40)21(43,44)45)6-8-49(10-4-2-1-3-5-10)9-7-12(25,26)14(29,30)16(33,34)18(37,38)20(41,42)22(46,47)48;;;/h2*1-5H,6-9H2;2*1H;/q;;;;+2. The van der Waals surface area contributed by atoms with Gasteiger partial charge in [-0.1, -0.05) is 36.4 Å². The summed E-state index contributed by atoms with van der Waals surface area (Å²) in [5, 5.41) is -1.49. The molecule has 0 N–H and O–H groups in total. The molecule has 0 spiro atoms. The fourth-order valence-corrected chi connectivity index (χ4v) is 12.7. The van der Waals surface area contributed by atoms with Gasteiger partial charge in [-0.25, -0.2) is 0 Å². The largest absolute Gasteiger partial charge is 2.00 e. The van der Waals surface area contributed by atoms with Crippen LogP contribution in [-0.4, -0.2) is 168 Å². The second kappa shape index (κ2) is 30.5. The maximum Gasteiger partial charge on any atom is 2.00 e. The molecule has 101 heavy (non-hydrogen) atoms. The van der Waals surface area contributed by atoms with E-state index in [0.717, 1.165) is 36.4 Å². The minimum Gasteiger partial charge on any atom is -1.00 e. The van der Waals surface area contributed by atoms with Crippen LogP contribution in [0.2, 0.25) is 0 Å². The Bertz CT molecular complexity index is 2580. The first kappa shape index (κ1) is 102. The molecule has 0 fully saturated rings. The van der Waals surface area contributed by atoms with Gasteiger partial charge in [0.15, 0.2) is 0 Å². The Balaban J connectivity index is -0.00000185. The van der Waals surface area contributed by atoms with E-state index in [2.05, 4.69) is 0 Å². The smallest absolute Gasteiger partial charge is 1.00 e. The molecular formula is C44H28Cl2F52P2Pd+2. The van der Waals surface area contributed by atoms with Crippen LogP contribution in [0.15, 0.2) is 60.7 Å². The molecule has 0 aliphatic rings. The SMILES string of the molecule is FC(F)(F)C(F)(F)C(F)(F)C(F)(F)C(F)(F)C(F)(F)CC[PH+](CCC(F)(F)C(F)(F)C(F)(F)C(F)(F)C(F)(F)C(F)(F)F)c1ccccc1.FC(F)(F)C(F)(F)C(F)(F)C(F)(F)C(F)(F)C(F)(F)CC[PH+](CCC(F)(F)C(F)(F)C(F)(F)C(F)(F)C(F)(F)C(F)(F)F)c1ccccc1.[Cl-].[Cl-].[Pd+2]. The Morgan fingerprint density at radius 3 is 0.416 bits per heavy atom. The predicted molar refractivity (Wildman–Crippen MR) is 230 cm³/mol. The molecule has 0 unspecified atom stereocenters. The molecule has 600 valence electrons. The van der Waals surface area contributed by atoms with Gasteiger partial charge in [-0.05, 0) is 24.3 Å². The van der Waals surface area contributed by atoms with Gasteiger partial charge in [0.2, 0.25) is 0 Å². The molecule has 57 heteroatoms. The summed E-state index contributed by atoms with van der Waals surface area (Å²) < 4.78 is 694. The first-order chi connectivity index (χ1) is 42.3. The summed E-state index contributed by atoms with van der Waals surface area (Å²) in [5.74, 6) is -158. The van der Waals surface area contributed by atoms with Gasteiger partial charge < -0.3 is 24.8 Å². The molecule has 0 aliphatic heterocycles. The van der Waals surface area contributed by atoms with Crippen LogP contribution in [0, 0.1) is 0 Å². The van der Waals surface area contributed by atoms with E-state index in [9.17, 15) is 228 Å². The van der Waals surface area contributed by atoms with Gasteiger partial charge >= 0.3 is 164 Å². The van der Waals surface area contributed by atoms with Gasteiger partial charge in [-0.15, -0.1) is 0 Å². The maximum absolute atomic E-state index is 14.3. The van der Waals surface area contributed by atoms with Crippen LogP contribution < -0.4 is 35.4 Å². The van der Waals surface area contributed by atoms with Gasteiger partial charge in [-0.2, -0.15) is 228 Å². The molecule has 0 heterocycles. The number of alkyl halides is 52. The molecule has 0 saturated carbocycles. The fraction of sp³-hybridized carbons (Fsp3) is 0.727. The second-order valence-electron chi connectivity index (χ2n) is 19.9. The van der Waals surface area contributed by atoms with Crippen molar-refractivity contribution in [2.24, 2.45) is 0 Å². The summed E-state index contributed by atoms with van der Waals surface area (Å²) in [6, 6.07) is 7.51. The molecule has 0 radical (unpaired) electrons. The molecule has 0 nitrogen and oxygen atoms in total. The molecule has 0 bridgehead atoms. The van der Waals surface area contributed by atoms with E-state index in [0.29, 0.717) is 24.3 Å². The second-order valence-corrected chi connectivity index (χ2v) is 25.5. The summed E-state index contributed by atoms with van der Waals surface area (Å²) in [7, 11) is -7.83. The van der Waals surface area contributed by atoms with Crippen molar-refractivity contribution in [1.82, 2.24) is 0 Å². The van der Waals surface area contributed by atoms with Crippen molar-refractivity contribution in [2.45, 2.75) is 169 Å². The molecule has 2 aromatic rings. The summed E-state index contributed by atoms with van der Waals surface area (Å²) >= 11 is 0. The van der Waals surface area contributed by atoms with E-state index in [-0.39, 0.29) is 45.2 Å². The molecule has 2 aromatic carbocycles.